The van der Waals surface area contributed by atoms with Crippen molar-refractivity contribution in [2.24, 2.45) is 10.7 Å². The quantitative estimate of drug-likeness (QED) is 0.662. The predicted octanol–water partition coefficient (Wildman–Crippen LogP) is 3.62. The van der Waals surface area contributed by atoms with Gasteiger partial charge in [0.2, 0.25) is 0 Å². The van der Waals surface area contributed by atoms with Gasteiger partial charge in [0.25, 0.3) is 0 Å². The molecule has 2 aromatic rings. The molecule has 3 atom stereocenters. The first kappa shape index (κ1) is 15.3. The molecule has 0 bridgehead atoms. The van der Waals surface area contributed by atoms with Crippen LogP contribution >= 0.6 is 11.6 Å². The second-order valence-corrected chi connectivity index (χ2v) is 6.79. The molecule has 1 aliphatic carbocycles. The van der Waals surface area contributed by atoms with Crippen molar-refractivity contribution < 1.29 is 4.74 Å². The summed E-state index contributed by atoms with van der Waals surface area (Å²) in [6.07, 6.45) is 1.91. The summed E-state index contributed by atoms with van der Waals surface area (Å²) >= 11 is 6.07. The molecule has 1 fully saturated rings. The smallest absolute Gasteiger partial charge is 0.189 e. The molecule has 0 amide bonds. The number of aliphatic imine (C=N–C) groups is 1. The summed E-state index contributed by atoms with van der Waals surface area (Å²) in [7, 11) is 0. The maximum Gasteiger partial charge on any atom is 0.189 e. The van der Waals surface area contributed by atoms with Crippen molar-refractivity contribution in [1.29, 1.82) is 0 Å². The van der Waals surface area contributed by atoms with Crippen molar-refractivity contribution in [2.45, 2.75) is 30.8 Å². The van der Waals surface area contributed by atoms with Crippen molar-refractivity contribution in [3.8, 4) is 5.75 Å². The number of benzene rings is 2. The van der Waals surface area contributed by atoms with E-state index in [-0.39, 0.29) is 6.04 Å². The van der Waals surface area contributed by atoms with Gasteiger partial charge in [0.05, 0.1) is 12.6 Å². The number of guanidine groups is 1. The zero-order valence-corrected chi connectivity index (χ0v) is 14.0. The average molecular weight is 342 g/mol. The van der Waals surface area contributed by atoms with Crippen LogP contribution in [0.25, 0.3) is 0 Å². The lowest BCUT2D eigenvalue weighted by atomic mass is 10.0. The number of nitrogens with zero attached hydrogens (tertiary/aromatic N) is 1. The molecule has 0 spiro atoms. The number of fused-ring (bicyclic) bond motifs is 1. The van der Waals surface area contributed by atoms with E-state index in [2.05, 4.69) is 22.4 Å². The molecule has 1 saturated carbocycles. The third kappa shape index (κ3) is 3.20. The summed E-state index contributed by atoms with van der Waals surface area (Å²) in [4.78, 5) is 4.68. The Bertz CT molecular complexity index is 777. The van der Waals surface area contributed by atoms with Gasteiger partial charge in [-0.25, -0.2) is 4.99 Å². The zero-order valence-electron chi connectivity index (χ0n) is 13.3. The molecule has 124 valence electrons. The molecule has 2 aromatic carbocycles. The molecule has 5 heteroatoms. The normalized spacial score (nSPS) is 25.5. The fraction of sp³-hybridized carbons (Fsp3) is 0.316. The van der Waals surface area contributed by atoms with E-state index in [9.17, 15) is 0 Å². The van der Waals surface area contributed by atoms with Crippen molar-refractivity contribution in [2.75, 3.05) is 6.61 Å². The van der Waals surface area contributed by atoms with E-state index in [4.69, 9.17) is 22.1 Å². The summed E-state index contributed by atoms with van der Waals surface area (Å²) in [5.41, 5.74) is 8.51. The van der Waals surface area contributed by atoms with Crippen LogP contribution in [0.2, 0.25) is 5.02 Å². The zero-order chi connectivity index (χ0) is 16.5. The van der Waals surface area contributed by atoms with Crippen LogP contribution in [0.15, 0.2) is 53.5 Å². The molecule has 1 unspecified atom stereocenters. The van der Waals surface area contributed by atoms with Crippen LogP contribution < -0.4 is 15.8 Å². The summed E-state index contributed by atoms with van der Waals surface area (Å²) in [6, 6.07) is 16.4. The Hall–Kier alpha value is -2.20. The summed E-state index contributed by atoms with van der Waals surface area (Å²) in [5.74, 6) is 1.87. The lowest BCUT2D eigenvalue weighted by Gasteiger charge is -2.23. The number of hydrogen-bond acceptors (Lipinski definition) is 2. The number of nitrogens with one attached hydrogen (secondary N) is 1. The van der Waals surface area contributed by atoms with Gasteiger partial charge in [0, 0.05) is 29.0 Å². The molecule has 4 nitrogen and oxygen atoms in total. The number of halogens is 1. The van der Waals surface area contributed by atoms with Crippen LogP contribution in [0.4, 0.5) is 0 Å². The van der Waals surface area contributed by atoms with Crippen LogP contribution in [-0.2, 0) is 0 Å². The highest BCUT2D eigenvalue weighted by atomic mass is 35.5. The maximum absolute atomic E-state index is 6.14. The van der Waals surface area contributed by atoms with Gasteiger partial charge in [-0.15, -0.1) is 0 Å². The molecule has 3 N–H and O–H groups in total. The Labute approximate surface area is 146 Å². The van der Waals surface area contributed by atoms with E-state index in [1.807, 2.05) is 36.4 Å². The second-order valence-electron chi connectivity index (χ2n) is 6.35. The van der Waals surface area contributed by atoms with Crippen LogP contribution in [0, 0.1) is 0 Å². The van der Waals surface area contributed by atoms with Gasteiger partial charge < -0.3 is 15.8 Å². The van der Waals surface area contributed by atoms with Crippen molar-refractivity contribution >= 4 is 17.6 Å². The largest absolute Gasteiger partial charge is 0.493 e. The highest BCUT2D eigenvalue weighted by Gasteiger charge is 2.39. The molecular weight excluding hydrogens is 322 g/mol. The first-order valence-electron chi connectivity index (χ1n) is 8.28. The third-order valence-electron chi connectivity index (χ3n) is 4.62. The minimum absolute atomic E-state index is 0.0609. The van der Waals surface area contributed by atoms with Gasteiger partial charge in [-0.05, 0) is 30.2 Å². The SMILES string of the molecule is NC(=NC1CCOc2ccccc21)N[C@@H]1C[C@H]1c1cccc(Cl)c1. The Morgan fingerprint density at radius 1 is 1.21 bits per heavy atom. The minimum atomic E-state index is 0.0609. The highest BCUT2D eigenvalue weighted by Crippen LogP contribution is 2.41. The Kier molecular flexibility index (Phi) is 4.07. The van der Waals surface area contributed by atoms with Gasteiger partial charge in [0.1, 0.15) is 5.75 Å². The summed E-state index contributed by atoms with van der Waals surface area (Å²) < 4.78 is 5.67. The molecule has 24 heavy (non-hydrogen) atoms. The van der Waals surface area contributed by atoms with Gasteiger partial charge in [-0.2, -0.15) is 0 Å². The molecular formula is C19H20ClN3O. The Morgan fingerprint density at radius 3 is 2.96 bits per heavy atom. The Balaban J connectivity index is 1.43. The molecule has 1 aliphatic heterocycles. The number of para-hydroxylation sites is 1. The molecule has 4 rings (SSSR count). The van der Waals surface area contributed by atoms with Crippen LogP contribution in [0.5, 0.6) is 5.75 Å². The van der Waals surface area contributed by atoms with Crippen molar-refractivity contribution in [3.63, 3.8) is 0 Å². The molecule has 0 saturated heterocycles. The lowest BCUT2D eigenvalue weighted by Crippen LogP contribution is -2.35. The van der Waals surface area contributed by atoms with Gasteiger partial charge in [-0.3, -0.25) is 0 Å². The molecule has 0 aromatic heterocycles. The molecule has 0 radical (unpaired) electrons. The van der Waals surface area contributed by atoms with Crippen molar-refractivity contribution in [1.82, 2.24) is 5.32 Å². The maximum atomic E-state index is 6.14. The van der Waals surface area contributed by atoms with E-state index in [1.54, 1.807) is 0 Å². The fourth-order valence-electron chi connectivity index (χ4n) is 3.31. The monoisotopic (exact) mass is 341 g/mol. The van der Waals surface area contributed by atoms with E-state index < -0.39 is 0 Å². The number of hydrogen-bond donors (Lipinski definition) is 2. The Morgan fingerprint density at radius 2 is 2.08 bits per heavy atom. The summed E-state index contributed by atoms with van der Waals surface area (Å²) in [5, 5.41) is 4.12. The van der Waals surface area contributed by atoms with E-state index in [0.717, 1.165) is 29.2 Å². The van der Waals surface area contributed by atoms with Crippen LogP contribution in [0.3, 0.4) is 0 Å². The number of rotatable bonds is 3. The van der Waals surface area contributed by atoms with Crippen molar-refractivity contribution in [3.05, 3.63) is 64.7 Å². The van der Waals surface area contributed by atoms with Gasteiger partial charge in [0.15, 0.2) is 5.96 Å². The summed E-state index contributed by atoms with van der Waals surface area (Å²) in [6.45, 7) is 0.674. The third-order valence-corrected chi connectivity index (χ3v) is 4.86. The minimum Gasteiger partial charge on any atom is -0.493 e. The predicted molar refractivity (Wildman–Crippen MR) is 96.7 cm³/mol. The van der Waals surface area contributed by atoms with Gasteiger partial charge in [-0.1, -0.05) is 41.9 Å². The second kappa shape index (κ2) is 6.36. The highest BCUT2D eigenvalue weighted by molar-refractivity contribution is 6.30. The van der Waals surface area contributed by atoms with E-state index in [0.29, 0.717) is 24.5 Å². The standard InChI is InChI=1S/C19H20ClN3O/c20-13-5-3-4-12(10-13)15-11-17(15)23-19(21)22-16-8-9-24-18-7-2-1-6-14(16)18/h1-7,10,15-17H,8-9,11H2,(H3,21,22,23)/t15-,16?,17+/m0/s1. The van der Waals surface area contributed by atoms with Crippen LogP contribution in [0.1, 0.15) is 35.9 Å². The fourth-order valence-corrected chi connectivity index (χ4v) is 3.51. The van der Waals surface area contributed by atoms with E-state index >= 15 is 0 Å². The lowest BCUT2D eigenvalue weighted by molar-refractivity contribution is 0.269. The first-order valence-corrected chi connectivity index (χ1v) is 8.65. The van der Waals surface area contributed by atoms with Crippen LogP contribution in [-0.4, -0.2) is 18.6 Å². The molecule has 2 aliphatic rings. The van der Waals surface area contributed by atoms with Gasteiger partial charge >= 0.3 is 0 Å². The average Bonchev–Trinajstić information content (AvgIpc) is 3.34. The number of ether oxygens (including phenoxy) is 1. The molecule has 1 heterocycles. The first-order chi connectivity index (χ1) is 11.7. The number of nitrogens with two attached hydrogens (primary N) is 1. The van der Waals surface area contributed by atoms with E-state index in [1.165, 1.54) is 5.56 Å². The topological polar surface area (TPSA) is 59.6 Å².